The summed E-state index contributed by atoms with van der Waals surface area (Å²) in [5.74, 6) is -0.724. The van der Waals surface area contributed by atoms with Gasteiger partial charge in [-0.1, -0.05) is 60.7 Å². The van der Waals surface area contributed by atoms with Crippen LogP contribution in [0.15, 0.2) is 60.7 Å². The smallest absolute Gasteiger partial charge is 0.320 e. The molecule has 2 aromatic carbocycles. The third-order valence-corrected chi connectivity index (χ3v) is 6.59. The molecular weight excluding hydrogens is 366 g/mol. The van der Waals surface area contributed by atoms with Gasteiger partial charge in [0.1, 0.15) is 6.04 Å². The summed E-state index contributed by atoms with van der Waals surface area (Å²) < 4.78 is 0. The first-order valence-electron chi connectivity index (χ1n) is 8.87. The van der Waals surface area contributed by atoms with Crippen molar-refractivity contribution in [1.29, 1.82) is 0 Å². The average molecular weight is 392 g/mol. The van der Waals surface area contributed by atoms with Crippen molar-refractivity contribution in [2.24, 2.45) is 0 Å². The molecule has 1 aliphatic rings. The summed E-state index contributed by atoms with van der Waals surface area (Å²) in [5, 5.41) is 10.1. The molecule has 1 saturated heterocycles. The van der Waals surface area contributed by atoms with Crippen LogP contribution in [-0.4, -0.2) is 40.4 Å². The van der Waals surface area contributed by atoms with Crippen molar-refractivity contribution >= 4 is 30.1 Å². The number of rotatable bonds is 6. The fourth-order valence-electron chi connectivity index (χ4n) is 3.35. The zero-order valence-electron chi connectivity index (χ0n) is 15.0. The Kier molecular flexibility index (Phi) is 8.01. The summed E-state index contributed by atoms with van der Waals surface area (Å²) >= 11 is 2.02. The van der Waals surface area contributed by atoms with E-state index in [9.17, 15) is 9.90 Å². The number of hydrogen-bond donors (Lipinski definition) is 1. The van der Waals surface area contributed by atoms with Gasteiger partial charge in [0.25, 0.3) is 0 Å². The van der Waals surface area contributed by atoms with Gasteiger partial charge in [0.05, 0.1) is 5.25 Å². The van der Waals surface area contributed by atoms with Gasteiger partial charge < -0.3 is 5.11 Å². The summed E-state index contributed by atoms with van der Waals surface area (Å²) in [4.78, 5) is 13.3. The number of carboxylic acid groups (broad SMARTS) is 1. The number of nitrogens with zero attached hydrogens (tertiary/aromatic N) is 1. The molecule has 0 saturated carbocycles. The average Bonchev–Trinajstić information content (AvgIpc) is 2.67. The Balaban J connectivity index is 0.00000243. The van der Waals surface area contributed by atoms with Crippen molar-refractivity contribution in [3.05, 3.63) is 71.8 Å². The molecule has 0 aromatic heterocycles. The summed E-state index contributed by atoms with van der Waals surface area (Å²) in [6, 6.07) is 20.9. The lowest BCUT2D eigenvalue weighted by Crippen LogP contribution is -2.44. The lowest BCUT2D eigenvalue weighted by atomic mass is 10.0. The number of likely N-dealkylation sites (tertiary alicyclic amines) is 1. The molecule has 0 radical (unpaired) electrons. The summed E-state index contributed by atoms with van der Waals surface area (Å²) in [6.45, 7) is 3.51. The molecule has 0 spiro atoms. The minimum Gasteiger partial charge on any atom is -0.480 e. The lowest BCUT2D eigenvalue weighted by Gasteiger charge is -2.35. The number of benzene rings is 2. The van der Waals surface area contributed by atoms with Crippen LogP contribution < -0.4 is 0 Å². The topological polar surface area (TPSA) is 40.5 Å². The van der Waals surface area contributed by atoms with E-state index in [2.05, 4.69) is 65.6 Å². The minimum absolute atomic E-state index is 0. The van der Waals surface area contributed by atoms with E-state index < -0.39 is 5.97 Å². The quantitative estimate of drug-likeness (QED) is 0.762. The zero-order chi connectivity index (χ0) is 17.6. The van der Waals surface area contributed by atoms with Gasteiger partial charge in [-0.3, -0.25) is 9.69 Å². The summed E-state index contributed by atoms with van der Waals surface area (Å²) in [5.41, 5.74) is 2.67. The molecule has 1 unspecified atom stereocenters. The van der Waals surface area contributed by atoms with Crippen molar-refractivity contribution in [2.45, 2.75) is 36.3 Å². The molecule has 1 atom stereocenters. The van der Waals surface area contributed by atoms with E-state index >= 15 is 0 Å². The second-order valence-electron chi connectivity index (χ2n) is 6.59. The van der Waals surface area contributed by atoms with Gasteiger partial charge in [-0.15, -0.1) is 24.2 Å². The Bertz CT molecular complexity index is 635. The van der Waals surface area contributed by atoms with Gasteiger partial charge in [0.15, 0.2) is 0 Å². The molecule has 1 N–H and O–H groups in total. The Hall–Kier alpha value is -1.49. The van der Waals surface area contributed by atoms with Crippen LogP contribution in [0.3, 0.4) is 0 Å². The van der Waals surface area contributed by atoms with E-state index in [4.69, 9.17) is 0 Å². The summed E-state index contributed by atoms with van der Waals surface area (Å²) in [7, 11) is 0. The molecule has 5 heteroatoms. The number of carbonyl (C=O) groups is 1. The fraction of sp³-hybridized carbons (Fsp3) is 0.381. The monoisotopic (exact) mass is 391 g/mol. The van der Waals surface area contributed by atoms with E-state index in [0.717, 1.165) is 25.9 Å². The molecule has 1 heterocycles. The van der Waals surface area contributed by atoms with Crippen LogP contribution in [-0.2, 0) is 4.79 Å². The molecule has 1 fully saturated rings. The van der Waals surface area contributed by atoms with E-state index in [0.29, 0.717) is 10.5 Å². The second kappa shape index (κ2) is 10.0. The maximum Gasteiger partial charge on any atom is 0.320 e. The van der Waals surface area contributed by atoms with E-state index in [1.54, 1.807) is 6.92 Å². The standard InChI is InChI=1S/C21H25NO2S.ClH/c1-16(21(23)24)22-14-12-19(13-15-22)25-20(17-8-4-2-5-9-17)18-10-6-3-7-11-18;/h2-11,16,19-20H,12-15H2,1H3,(H,23,24);1H. The number of hydrogen-bond acceptors (Lipinski definition) is 3. The van der Waals surface area contributed by atoms with Crippen molar-refractivity contribution < 1.29 is 9.90 Å². The van der Waals surface area contributed by atoms with E-state index in [-0.39, 0.29) is 18.4 Å². The van der Waals surface area contributed by atoms with Gasteiger partial charge in [-0.05, 0) is 30.9 Å². The van der Waals surface area contributed by atoms with Crippen LogP contribution in [0.1, 0.15) is 36.1 Å². The van der Waals surface area contributed by atoms with Crippen molar-refractivity contribution in [2.75, 3.05) is 13.1 Å². The van der Waals surface area contributed by atoms with Crippen LogP contribution in [0.2, 0.25) is 0 Å². The van der Waals surface area contributed by atoms with E-state index in [1.807, 2.05) is 11.8 Å². The molecule has 2 aromatic rings. The SMILES string of the molecule is CC(C(=O)O)N1CCC(SC(c2ccccc2)c2ccccc2)CC1.Cl. The number of piperidine rings is 1. The van der Waals surface area contributed by atoms with Gasteiger partial charge in [-0.25, -0.2) is 0 Å². The fourth-order valence-corrected chi connectivity index (χ4v) is 4.85. The highest BCUT2D eigenvalue weighted by Crippen LogP contribution is 2.41. The normalized spacial score (nSPS) is 16.8. The van der Waals surface area contributed by atoms with Gasteiger partial charge in [0, 0.05) is 18.3 Å². The first kappa shape index (κ1) is 20.8. The minimum atomic E-state index is -0.724. The Labute approximate surface area is 166 Å². The predicted molar refractivity (Wildman–Crippen MR) is 111 cm³/mol. The summed E-state index contributed by atoms with van der Waals surface area (Å²) in [6.07, 6.45) is 2.08. The van der Waals surface area contributed by atoms with Crippen molar-refractivity contribution in [3.63, 3.8) is 0 Å². The number of aliphatic carboxylic acids is 1. The molecule has 3 nitrogen and oxygen atoms in total. The van der Waals surface area contributed by atoms with E-state index in [1.165, 1.54) is 11.1 Å². The van der Waals surface area contributed by atoms with Crippen LogP contribution in [0.4, 0.5) is 0 Å². The highest BCUT2D eigenvalue weighted by Gasteiger charge is 2.28. The number of carboxylic acids is 1. The Morgan fingerprint density at radius 3 is 1.88 bits per heavy atom. The molecule has 1 aliphatic heterocycles. The first-order valence-corrected chi connectivity index (χ1v) is 9.81. The molecule has 3 rings (SSSR count). The first-order chi connectivity index (χ1) is 12.1. The largest absolute Gasteiger partial charge is 0.480 e. The van der Waals surface area contributed by atoms with Crippen molar-refractivity contribution in [3.8, 4) is 0 Å². The molecule has 26 heavy (non-hydrogen) atoms. The van der Waals surface area contributed by atoms with Gasteiger partial charge >= 0.3 is 5.97 Å². The molecule has 140 valence electrons. The Morgan fingerprint density at radius 1 is 1.00 bits per heavy atom. The Morgan fingerprint density at radius 2 is 1.46 bits per heavy atom. The van der Waals surface area contributed by atoms with Crippen LogP contribution in [0.5, 0.6) is 0 Å². The van der Waals surface area contributed by atoms with Crippen LogP contribution >= 0.6 is 24.2 Å². The van der Waals surface area contributed by atoms with Gasteiger partial charge in [0.2, 0.25) is 0 Å². The molecule has 0 bridgehead atoms. The number of thioether (sulfide) groups is 1. The maximum absolute atomic E-state index is 11.2. The third-order valence-electron chi connectivity index (χ3n) is 4.91. The molecular formula is C21H26ClNO2S. The maximum atomic E-state index is 11.2. The molecule has 0 aliphatic carbocycles. The number of halogens is 1. The highest BCUT2D eigenvalue weighted by atomic mass is 35.5. The molecule has 0 amide bonds. The van der Waals surface area contributed by atoms with Crippen molar-refractivity contribution in [1.82, 2.24) is 4.90 Å². The lowest BCUT2D eigenvalue weighted by molar-refractivity contribution is -0.142. The van der Waals surface area contributed by atoms with Crippen LogP contribution in [0.25, 0.3) is 0 Å². The third kappa shape index (κ3) is 5.26. The van der Waals surface area contributed by atoms with Crippen LogP contribution in [0, 0.1) is 0 Å². The second-order valence-corrected chi connectivity index (χ2v) is 8.00. The predicted octanol–water partition coefficient (Wildman–Crippen LogP) is 4.87. The van der Waals surface area contributed by atoms with Gasteiger partial charge in [-0.2, -0.15) is 0 Å². The highest BCUT2D eigenvalue weighted by molar-refractivity contribution is 8.00. The zero-order valence-corrected chi connectivity index (χ0v) is 16.6.